The lowest BCUT2D eigenvalue weighted by molar-refractivity contribution is -0.385. The van der Waals surface area contributed by atoms with Gasteiger partial charge in [-0.25, -0.2) is 9.78 Å². The van der Waals surface area contributed by atoms with Gasteiger partial charge in [0.2, 0.25) is 5.78 Å². The lowest BCUT2D eigenvalue weighted by Crippen LogP contribution is -2.08. The summed E-state index contributed by atoms with van der Waals surface area (Å²) >= 11 is 0. The van der Waals surface area contributed by atoms with Crippen LogP contribution in [0.25, 0.3) is 16.8 Å². The maximum atomic E-state index is 13.3. The van der Waals surface area contributed by atoms with E-state index in [1.54, 1.807) is 32.2 Å². The fraction of sp³-hybridized carbons (Fsp3) is 0.125. The maximum Gasteiger partial charge on any atom is 0.340 e. The Morgan fingerprint density at radius 1 is 1.06 bits per heavy atom. The van der Waals surface area contributed by atoms with Crippen molar-refractivity contribution in [2.75, 3.05) is 13.7 Å². The zero-order valence-corrected chi connectivity index (χ0v) is 17.8. The van der Waals surface area contributed by atoms with Crippen molar-refractivity contribution < 1.29 is 24.0 Å². The fourth-order valence-electron chi connectivity index (χ4n) is 3.61. The highest BCUT2D eigenvalue weighted by Crippen LogP contribution is 2.31. The zero-order valence-electron chi connectivity index (χ0n) is 17.8. The molecule has 0 fully saturated rings. The Bertz CT molecular complexity index is 1390. The van der Waals surface area contributed by atoms with Crippen molar-refractivity contribution in [3.8, 4) is 17.0 Å². The summed E-state index contributed by atoms with van der Waals surface area (Å²) in [4.78, 5) is 41.2. The summed E-state index contributed by atoms with van der Waals surface area (Å²) in [7, 11) is 1.54. The maximum absolute atomic E-state index is 13.3. The topological polar surface area (TPSA) is 113 Å². The molecule has 4 rings (SSSR count). The second kappa shape index (κ2) is 8.91. The van der Waals surface area contributed by atoms with Crippen LogP contribution in [0.3, 0.4) is 0 Å². The van der Waals surface area contributed by atoms with Crippen molar-refractivity contribution in [1.29, 1.82) is 0 Å². The van der Waals surface area contributed by atoms with E-state index in [2.05, 4.69) is 4.98 Å². The molecule has 0 atom stereocenters. The van der Waals surface area contributed by atoms with Crippen LogP contribution in [-0.4, -0.2) is 39.8 Å². The number of nitro groups is 1. The number of esters is 1. The molecular weight excluding hydrogens is 426 g/mol. The zero-order chi connectivity index (χ0) is 23.5. The first kappa shape index (κ1) is 21.7. The first-order chi connectivity index (χ1) is 16.0. The number of carbonyl (C=O) groups excluding carboxylic acids is 2. The van der Waals surface area contributed by atoms with Crippen LogP contribution >= 0.6 is 0 Å². The van der Waals surface area contributed by atoms with E-state index < -0.39 is 16.7 Å². The van der Waals surface area contributed by atoms with Crippen LogP contribution in [0.4, 0.5) is 5.69 Å². The van der Waals surface area contributed by atoms with Crippen LogP contribution in [0, 0.1) is 10.1 Å². The van der Waals surface area contributed by atoms with Crippen molar-refractivity contribution in [3.63, 3.8) is 0 Å². The number of aromatic nitrogens is 2. The number of para-hydroxylation sites is 2. The largest absolute Gasteiger partial charge is 0.496 e. The lowest BCUT2D eigenvalue weighted by atomic mass is 10.1. The first-order valence-corrected chi connectivity index (χ1v) is 10.1. The average Bonchev–Trinajstić information content (AvgIpc) is 3.22. The summed E-state index contributed by atoms with van der Waals surface area (Å²) in [6.07, 6.45) is 1.40. The summed E-state index contributed by atoms with van der Waals surface area (Å²) in [6.45, 7) is 1.82. The number of carbonyl (C=O) groups is 2. The van der Waals surface area contributed by atoms with Gasteiger partial charge in [-0.1, -0.05) is 24.3 Å². The molecule has 0 N–H and O–H groups in total. The van der Waals surface area contributed by atoms with Crippen molar-refractivity contribution in [2.45, 2.75) is 6.92 Å². The van der Waals surface area contributed by atoms with E-state index in [0.29, 0.717) is 22.5 Å². The highest BCUT2D eigenvalue weighted by atomic mass is 16.6. The van der Waals surface area contributed by atoms with Gasteiger partial charge in [0.1, 0.15) is 17.6 Å². The molecule has 0 aliphatic rings. The molecule has 0 spiro atoms. The van der Waals surface area contributed by atoms with Gasteiger partial charge in [0, 0.05) is 11.6 Å². The van der Waals surface area contributed by atoms with Crippen LogP contribution in [0.1, 0.15) is 33.3 Å². The second-order valence-electron chi connectivity index (χ2n) is 7.00. The summed E-state index contributed by atoms with van der Waals surface area (Å²) < 4.78 is 12.0. The third kappa shape index (κ3) is 3.91. The Kier molecular flexibility index (Phi) is 5.86. The highest BCUT2D eigenvalue weighted by Gasteiger charge is 2.26. The molecule has 0 saturated carbocycles. The number of methoxy groups -OCH3 is 1. The Labute approximate surface area is 188 Å². The molecule has 0 radical (unpaired) electrons. The quantitative estimate of drug-likeness (QED) is 0.180. The molecule has 0 amide bonds. The number of ketones is 1. The third-order valence-electron chi connectivity index (χ3n) is 5.12. The molecule has 2 aromatic carbocycles. The fourth-order valence-corrected chi connectivity index (χ4v) is 3.61. The van der Waals surface area contributed by atoms with Crippen LogP contribution in [-0.2, 0) is 4.74 Å². The molecule has 166 valence electrons. The van der Waals surface area contributed by atoms with Crippen LogP contribution in [0.2, 0.25) is 0 Å². The smallest absolute Gasteiger partial charge is 0.340 e. The van der Waals surface area contributed by atoms with Crippen molar-refractivity contribution in [3.05, 3.63) is 93.9 Å². The van der Waals surface area contributed by atoms with E-state index in [1.807, 2.05) is 18.2 Å². The number of hydrogen-bond acceptors (Lipinski definition) is 7. The Balaban J connectivity index is 1.93. The van der Waals surface area contributed by atoms with Gasteiger partial charge in [0.25, 0.3) is 5.69 Å². The van der Waals surface area contributed by atoms with E-state index >= 15 is 0 Å². The number of nitro benzene ring substituents is 1. The van der Waals surface area contributed by atoms with E-state index in [-0.39, 0.29) is 29.1 Å². The van der Waals surface area contributed by atoms with Gasteiger partial charge in [-0.15, -0.1) is 0 Å². The number of rotatable bonds is 7. The Morgan fingerprint density at radius 2 is 1.79 bits per heavy atom. The summed E-state index contributed by atoms with van der Waals surface area (Å²) in [5, 5.41) is 11.4. The highest BCUT2D eigenvalue weighted by molar-refractivity contribution is 6.13. The summed E-state index contributed by atoms with van der Waals surface area (Å²) in [5.74, 6) is -0.636. The van der Waals surface area contributed by atoms with Crippen LogP contribution in [0.15, 0.2) is 67.0 Å². The predicted octanol–water partition coefficient (Wildman–Crippen LogP) is 4.33. The van der Waals surface area contributed by atoms with Gasteiger partial charge in [-0.05, 0) is 37.3 Å². The molecule has 0 saturated heterocycles. The number of hydrogen-bond donors (Lipinski definition) is 0. The van der Waals surface area contributed by atoms with Crippen LogP contribution < -0.4 is 4.74 Å². The SMILES string of the molecule is CCOC(=O)c1cc(C(=O)c2ccccc2[N+](=O)[O-])n2cnc(-c3ccccc3OC)cc12. The molecule has 2 heterocycles. The molecule has 2 aromatic heterocycles. The first-order valence-electron chi connectivity index (χ1n) is 10.1. The van der Waals surface area contributed by atoms with Crippen molar-refractivity contribution >= 4 is 23.0 Å². The summed E-state index contributed by atoms with van der Waals surface area (Å²) in [5.41, 5.74) is 1.39. The molecule has 0 unspecified atom stereocenters. The number of fused-ring (bicyclic) bond motifs is 1. The predicted molar refractivity (Wildman–Crippen MR) is 120 cm³/mol. The van der Waals surface area contributed by atoms with E-state index in [4.69, 9.17) is 9.47 Å². The standard InChI is InChI=1S/C24H19N3O6/c1-3-33-24(29)17-12-21(23(28)16-9-4-6-10-19(16)27(30)31)26-14-25-18(13-20(17)26)15-8-5-7-11-22(15)32-2/h4-14H,3H2,1-2H3. The van der Waals surface area contributed by atoms with Gasteiger partial charge >= 0.3 is 5.97 Å². The molecule has 0 aliphatic carbocycles. The normalized spacial score (nSPS) is 10.7. The number of ether oxygens (including phenoxy) is 2. The minimum atomic E-state index is -0.618. The van der Waals surface area contributed by atoms with E-state index in [9.17, 15) is 19.7 Å². The molecule has 9 nitrogen and oxygen atoms in total. The average molecular weight is 445 g/mol. The monoisotopic (exact) mass is 445 g/mol. The molecule has 33 heavy (non-hydrogen) atoms. The summed E-state index contributed by atoms with van der Waals surface area (Å²) in [6, 6.07) is 16.0. The molecule has 0 bridgehead atoms. The molecular formula is C24H19N3O6. The van der Waals surface area contributed by atoms with Gasteiger partial charge in [0.05, 0.1) is 41.1 Å². The third-order valence-corrected chi connectivity index (χ3v) is 5.12. The lowest BCUT2D eigenvalue weighted by Gasteiger charge is -2.09. The minimum Gasteiger partial charge on any atom is -0.496 e. The Hall–Kier alpha value is -4.53. The minimum absolute atomic E-state index is 0.0569. The van der Waals surface area contributed by atoms with Crippen molar-refractivity contribution in [1.82, 2.24) is 9.38 Å². The Morgan fingerprint density at radius 3 is 2.52 bits per heavy atom. The van der Waals surface area contributed by atoms with Crippen LogP contribution in [0.5, 0.6) is 5.75 Å². The molecule has 9 heteroatoms. The molecule has 4 aromatic rings. The number of benzene rings is 2. The number of nitrogens with zero attached hydrogens (tertiary/aromatic N) is 3. The van der Waals surface area contributed by atoms with Crippen molar-refractivity contribution in [2.24, 2.45) is 0 Å². The van der Waals surface area contributed by atoms with E-state index in [0.717, 1.165) is 0 Å². The second-order valence-corrected chi connectivity index (χ2v) is 7.00. The molecule has 0 aliphatic heterocycles. The van der Waals surface area contributed by atoms with Gasteiger partial charge in [0.15, 0.2) is 0 Å². The van der Waals surface area contributed by atoms with Gasteiger partial charge < -0.3 is 9.47 Å². The van der Waals surface area contributed by atoms with E-state index in [1.165, 1.54) is 35.0 Å². The van der Waals surface area contributed by atoms with Gasteiger partial charge in [-0.2, -0.15) is 0 Å². The van der Waals surface area contributed by atoms with Gasteiger partial charge in [-0.3, -0.25) is 19.3 Å².